The first-order valence-electron chi connectivity index (χ1n) is 5.06. The van der Waals surface area contributed by atoms with Gasteiger partial charge in [0.25, 0.3) is 0 Å². The van der Waals surface area contributed by atoms with E-state index < -0.39 is 0 Å². The van der Waals surface area contributed by atoms with E-state index in [2.05, 4.69) is 0 Å². The van der Waals surface area contributed by atoms with Crippen LogP contribution in [0.5, 0.6) is 0 Å². The number of fused-ring (bicyclic) bond motifs is 1. The lowest BCUT2D eigenvalue weighted by Gasteiger charge is -2.23. The molecule has 1 unspecified atom stereocenters. The molecule has 0 aliphatic carbocycles. The number of hydroxylamine groups is 2. The van der Waals surface area contributed by atoms with Gasteiger partial charge < -0.3 is 4.84 Å². The largest absolute Gasteiger partial charge is 0.440 e. The maximum atomic E-state index is 11.7. The second-order valence-corrected chi connectivity index (χ2v) is 3.56. The lowest BCUT2D eigenvalue weighted by molar-refractivity contribution is -0.0326. The zero-order valence-corrected chi connectivity index (χ0v) is 8.48. The van der Waals surface area contributed by atoms with Crippen molar-refractivity contribution in [1.29, 1.82) is 0 Å². The molecule has 1 aromatic rings. The Balaban J connectivity index is 1.99. The van der Waals surface area contributed by atoms with Crippen LogP contribution in [-0.2, 0) is 4.84 Å². The zero-order chi connectivity index (χ0) is 11.0. The first-order valence-corrected chi connectivity index (χ1v) is 5.06. The van der Waals surface area contributed by atoms with E-state index in [9.17, 15) is 4.79 Å². The SMILES string of the molecule is O=C1ON2C=CC=CC2N1c1ccccc1. The number of allylic oxidation sites excluding steroid dienone is 2. The summed E-state index contributed by atoms with van der Waals surface area (Å²) in [7, 11) is 0. The molecular weight excluding hydrogens is 204 g/mol. The van der Waals surface area contributed by atoms with E-state index in [1.807, 2.05) is 48.6 Å². The third kappa shape index (κ3) is 1.27. The first kappa shape index (κ1) is 9.03. The average molecular weight is 214 g/mol. The lowest BCUT2D eigenvalue weighted by Crippen LogP contribution is -2.36. The minimum absolute atomic E-state index is 0.181. The molecule has 2 heterocycles. The molecule has 1 amide bonds. The predicted octanol–water partition coefficient (Wildman–Crippen LogP) is 2.27. The highest BCUT2D eigenvalue weighted by Crippen LogP contribution is 2.28. The third-order valence-electron chi connectivity index (χ3n) is 2.57. The maximum Gasteiger partial charge on any atom is 0.440 e. The normalized spacial score (nSPS) is 22.2. The van der Waals surface area contributed by atoms with Crippen molar-refractivity contribution in [2.45, 2.75) is 6.17 Å². The van der Waals surface area contributed by atoms with Gasteiger partial charge in [-0.1, -0.05) is 24.3 Å². The summed E-state index contributed by atoms with van der Waals surface area (Å²) >= 11 is 0. The van der Waals surface area contributed by atoms with Gasteiger partial charge in [-0.05, 0) is 24.3 Å². The molecule has 0 spiro atoms. The van der Waals surface area contributed by atoms with Crippen LogP contribution in [0.25, 0.3) is 0 Å². The zero-order valence-electron chi connectivity index (χ0n) is 8.48. The molecule has 2 aliphatic heterocycles. The van der Waals surface area contributed by atoms with E-state index in [1.165, 1.54) is 5.06 Å². The quantitative estimate of drug-likeness (QED) is 0.718. The van der Waals surface area contributed by atoms with Crippen LogP contribution >= 0.6 is 0 Å². The highest BCUT2D eigenvalue weighted by molar-refractivity contribution is 5.90. The average Bonchev–Trinajstić information content (AvgIpc) is 2.66. The fraction of sp³-hybridized carbons (Fsp3) is 0.0833. The molecule has 2 aliphatic rings. The predicted molar refractivity (Wildman–Crippen MR) is 59.3 cm³/mol. The van der Waals surface area contributed by atoms with Gasteiger partial charge in [0.1, 0.15) is 0 Å². The molecule has 80 valence electrons. The van der Waals surface area contributed by atoms with Crippen molar-refractivity contribution in [3.63, 3.8) is 0 Å². The highest BCUT2D eigenvalue weighted by atomic mass is 16.7. The smallest absolute Gasteiger partial charge is 0.319 e. The number of anilines is 1. The van der Waals surface area contributed by atoms with E-state index >= 15 is 0 Å². The van der Waals surface area contributed by atoms with Crippen molar-refractivity contribution < 1.29 is 9.63 Å². The number of para-hydroxylation sites is 1. The number of carbonyl (C=O) groups is 1. The maximum absolute atomic E-state index is 11.7. The molecule has 0 radical (unpaired) electrons. The molecule has 0 bridgehead atoms. The lowest BCUT2D eigenvalue weighted by atomic mass is 10.2. The molecule has 1 fully saturated rings. The van der Waals surface area contributed by atoms with Crippen molar-refractivity contribution in [2.75, 3.05) is 4.90 Å². The first-order chi connectivity index (χ1) is 7.86. The van der Waals surface area contributed by atoms with Crippen molar-refractivity contribution in [3.8, 4) is 0 Å². The number of benzene rings is 1. The van der Waals surface area contributed by atoms with Crippen LogP contribution in [0.3, 0.4) is 0 Å². The fourth-order valence-corrected chi connectivity index (χ4v) is 1.84. The Hall–Kier alpha value is -2.23. The van der Waals surface area contributed by atoms with Gasteiger partial charge in [0, 0.05) is 11.9 Å². The summed E-state index contributed by atoms with van der Waals surface area (Å²) in [5.74, 6) is 0. The Morgan fingerprint density at radius 1 is 1.12 bits per heavy atom. The monoisotopic (exact) mass is 214 g/mol. The van der Waals surface area contributed by atoms with Gasteiger partial charge in [0.05, 0.1) is 0 Å². The summed E-state index contributed by atoms with van der Waals surface area (Å²) in [5.41, 5.74) is 0.833. The van der Waals surface area contributed by atoms with E-state index in [1.54, 1.807) is 11.1 Å². The second-order valence-electron chi connectivity index (χ2n) is 3.56. The Bertz CT molecular complexity index is 467. The van der Waals surface area contributed by atoms with E-state index in [0.717, 1.165) is 5.69 Å². The number of hydrogen-bond acceptors (Lipinski definition) is 3. The Morgan fingerprint density at radius 3 is 2.75 bits per heavy atom. The Morgan fingerprint density at radius 2 is 1.94 bits per heavy atom. The van der Waals surface area contributed by atoms with E-state index in [4.69, 9.17) is 4.84 Å². The topological polar surface area (TPSA) is 32.8 Å². The van der Waals surface area contributed by atoms with Crippen LogP contribution in [0.4, 0.5) is 10.5 Å². The summed E-state index contributed by atoms with van der Waals surface area (Å²) in [6.07, 6.45) is 6.85. The summed E-state index contributed by atoms with van der Waals surface area (Å²) < 4.78 is 0. The number of rotatable bonds is 1. The molecule has 0 aromatic heterocycles. The Kier molecular flexibility index (Phi) is 1.93. The molecule has 0 N–H and O–H groups in total. The molecule has 1 saturated heterocycles. The van der Waals surface area contributed by atoms with Crippen molar-refractivity contribution in [1.82, 2.24) is 5.06 Å². The Labute approximate surface area is 93.0 Å². The number of carbonyl (C=O) groups excluding carboxylic acids is 1. The van der Waals surface area contributed by atoms with Gasteiger partial charge in [-0.25, -0.2) is 9.69 Å². The number of hydrogen-bond donors (Lipinski definition) is 0. The molecule has 3 rings (SSSR count). The molecule has 4 nitrogen and oxygen atoms in total. The van der Waals surface area contributed by atoms with Crippen LogP contribution in [0, 0.1) is 0 Å². The molecule has 4 heteroatoms. The van der Waals surface area contributed by atoms with Crippen LogP contribution in [0.2, 0.25) is 0 Å². The molecule has 16 heavy (non-hydrogen) atoms. The summed E-state index contributed by atoms with van der Waals surface area (Å²) in [4.78, 5) is 18.5. The number of amides is 1. The van der Waals surface area contributed by atoms with Gasteiger partial charge in [0.15, 0.2) is 6.17 Å². The van der Waals surface area contributed by atoms with Gasteiger partial charge >= 0.3 is 6.09 Å². The van der Waals surface area contributed by atoms with Gasteiger partial charge in [0.2, 0.25) is 0 Å². The van der Waals surface area contributed by atoms with Crippen molar-refractivity contribution in [3.05, 3.63) is 54.8 Å². The van der Waals surface area contributed by atoms with Crippen LogP contribution in [-0.4, -0.2) is 17.3 Å². The molecule has 1 aromatic carbocycles. The minimum Gasteiger partial charge on any atom is -0.319 e. The van der Waals surface area contributed by atoms with Crippen LogP contribution in [0.1, 0.15) is 0 Å². The summed E-state index contributed by atoms with van der Waals surface area (Å²) in [6, 6.07) is 9.48. The number of nitrogens with zero attached hydrogens (tertiary/aromatic N) is 2. The van der Waals surface area contributed by atoms with Gasteiger partial charge in [-0.15, -0.1) is 0 Å². The van der Waals surface area contributed by atoms with E-state index in [-0.39, 0.29) is 12.3 Å². The van der Waals surface area contributed by atoms with Crippen LogP contribution < -0.4 is 4.90 Å². The minimum atomic E-state index is -0.354. The molecular formula is C12H10N2O2. The van der Waals surface area contributed by atoms with Crippen LogP contribution in [0.15, 0.2) is 54.8 Å². The van der Waals surface area contributed by atoms with Gasteiger partial charge in [-0.3, -0.25) is 0 Å². The van der Waals surface area contributed by atoms with Crippen molar-refractivity contribution >= 4 is 11.8 Å². The summed E-state index contributed by atoms with van der Waals surface area (Å²) in [5, 5.41) is 1.54. The third-order valence-corrected chi connectivity index (χ3v) is 2.57. The highest BCUT2D eigenvalue weighted by Gasteiger charge is 2.38. The molecule has 1 atom stereocenters. The standard InChI is InChI=1S/C12H10N2O2/c15-12-14(10-6-2-1-3-7-10)11-8-4-5-9-13(11)16-12/h1-9,11H. The molecule has 0 saturated carbocycles. The summed E-state index contributed by atoms with van der Waals surface area (Å²) in [6.45, 7) is 0. The fourth-order valence-electron chi connectivity index (χ4n) is 1.84. The second kappa shape index (κ2) is 3.41. The van der Waals surface area contributed by atoms with E-state index in [0.29, 0.717) is 0 Å². The van der Waals surface area contributed by atoms with Gasteiger partial charge in [-0.2, -0.15) is 5.06 Å². The van der Waals surface area contributed by atoms with Crippen molar-refractivity contribution in [2.24, 2.45) is 0 Å².